The van der Waals surface area contributed by atoms with Crippen molar-refractivity contribution in [1.29, 1.82) is 0 Å². The number of aromatic nitrogens is 3. The van der Waals surface area contributed by atoms with Gasteiger partial charge in [0.25, 0.3) is 0 Å². The summed E-state index contributed by atoms with van der Waals surface area (Å²) in [4.78, 5) is 12.3. The van der Waals surface area contributed by atoms with Crippen LogP contribution in [0.3, 0.4) is 0 Å². The number of primary sulfonamides is 1. The number of hydrogen-bond acceptors (Lipinski definition) is 6. The minimum absolute atomic E-state index is 0.0554. The summed E-state index contributed by atoms with van der Waals surface area (Å²) in [5.41, 5.74) is 0.365. The van der Waals surface area contributed by atoms with E-state index in [9.17, 15) is 13.2 Å². The number of rotatable bonds is 6. The first-order chi connectivity index (χ1) is 11.2. The Labute approximate surface area is 144 Å². The van der Waals surface area contributed by atoms with Crippen LogP contribution in [0.25, 0.3) is 0 Å². The number of sulfonamides is 1. The van der Waals surface area contributed by atoms with Gasteiger partial charge in [-0.05, 0) is 39.0 Å². The normalized spacial score (nSPS) is 13.0. The molecule has 0 bridgehead atoms. The zero-order valence-corrected chi connectivity index (χ0v) is 15.1. The van der Waals surface area contributed by atoms with Gasteiger partial charge >= 0.3 is 0 Å². The average Bonchev–Trinajstić information content (AvgIpc) is 2.95. The first-order valence-corrected chi connectivity index (χ1v) is 9.61. The summed E-state index contributed by atoms with van der Waals surface area (Å²) in [6, 6.07) is 5.99. The van der Waals surface area contributed by atoms with Crippen LogP contribution >= 0.6 is 11.8 Å². The fraction of sp³-hybridized carbons (Fsp3) is 0.357. The molecule has 0 aliphatic heterocycles. The highest BCUT2D eigenvalue weighted by Crippen LogP contribution is 2.24. The summed E-state index contributed by atoms with van der Waals surface area (Å²) in [6.45, 7) is 5.73. The number of benzene rings is 1. The standard InChI is InChI=1S/C14H19N5O3S2/c1-9(2)19-8-16-18-14(19)23-10(3)13(20)17-11-5-4-6-12(7-11)24(15,21)22/h4-10H,1-3H3,(H,17,20)(H2,15,21,22)/t10-/m1/s1. The molecule has 8 nitrogen and oxygen atoms in total. The zero-order valence-electron chi connectivity index (χ0n) is 13.5. The van der Waals surface area contributed by atoms with E-state index in [-0.39, 0.29) is 16.8 Å². The van der Waals surface area contributed by atoms with Gasteiger partial charge in [0, 0.05) is 11.7 Å². The van der Waals surface area contributed by atoms with Crippen LogP contribution in [0, 0.1) is 0 Å². The molecule has 10 heteroatoms. The molecule has 1 aromatic carbocycles. The summed E-state index contributed by atoms with van der Waals surface area (Å²) in [7, 11) is -3.82. The minimum atomic E-state index is -3.82. The Morgan fingerprint density at radius 2 is 2.04 bits per heavy atom. The average molecular weight is 369 g/mol. The van der Waals surface area contributed by atoms with E-state index >= 15 is 0 Å². The van der Waals surface area contributed by atoms with Gasteiger partial charge in [-0.2, -0.15) is 0 Å². The number of thioether (sulfide) groups is 1. The van der Waals surface area contributed by atoms with Crippen LogP contribution in [-0.4, -0.2) is 34.3 Å². The second kappa shape index (κ2) is 7.32. The predicted octanol–water partition coefficient (Wildman–Crippen LogP) is 1.63. The summed E-state index contributed by atoms with van der Waals surface area (Å²) in [6.07, 6.45) is 1.62. The van der Waals surface area contributed by atoms with Gasteiger partial charge in [-0.15, -0.1) is 10.2 Å². The summed E-state index contributed by atoms with van der Waals surface area (Å²) in [5.74, 6) is -0.273. The smallest absolute Gasteiger partial charge is 0.238 e. The van der Waals surface area contributed by atoms with Gasteiger partial charge in [0.15, 0.2) is 5.16 Å². The Balaban J connectivity index is 2.08. The number of amides is 1. The van der Waals surface area contributed by atoms with Crippen molar-refractivity contribution >= 4 is 33.4 Å². The molecule has 2 rings (SSSR count). The number of carbonyl (C=O) groups is 1. The second-order valence-corrected chi connectivity index (χ2v) is 8.31. The fourth-order valence-electron chi connectivity index (χ4n) is 1.88. The first kappa shape index (κ1) is 18.4. The van der Waals surface area contributed by atoms with Crippen LogP contribution < -0.4 is 10.5 Å². The Bertz CT molecular complexity index is 832. The van der Waals surface area contributed by atoms with E-state index in [4.69, 9.17) is 5.14 Å². The van der Waals surface area contributed by atoms with E-state index < -0.39 is 15.3 Å². The molecule has 1 amide bonds. The van der Waals surface area contributed by atoms with E-state index in [0.29, 0.717) is 10.8 Å². The van der Waals surface area contributed by atoms with Gasteiger partial charge in [0.2, 0.25) is 15.9 Å². The molecule has 0 radical (unpaired) electrons. The van der Waals surface area contributed by atoms with Crippen molar-refractivity contribution < 1.29 is 13.2 Å². The molecule has 1 heterocycles. The van der Waals surface area contributed by atoms with Crippen molar-refractivity contribution in [3.05, 3.63) is 30.6 Å². The second-order valence-electron chi connectivity index (χ2n) is 5.44. The Morgan fingerprint density at radius 3 is 2.67 bits per heavy atom. The number of nitrogens with one attached hydrogen (secondary N) is 1. The zero-order chi connectivity index (χ0) is 17.9. The Hall–Kier alpha value is -1.91. The maximum Gasteiger partial charge on any atom is 0.238 e. The molecular formula is C14H19N5O3S2. The minimum Gasteiger partial charge on any atom is -0.325 e. The lowest BCUT2D eigenvalue weighted by Gasteiger charge is -2.14. The van der Waals surface area contributed by atoms with E-state index in [0.717, 1.165) is 0 Å². The van der Waals surface area contributed by atoms with Gasteiger partial charge in [-0.3, -0.25) is 4.79 Å². The molecule has 0 aliphatic rings. The largest absolute Gasteiger partial charge is 0.325 e. The molecule has 3 N–H and O–H groups in total. The Morgan fingerprint density at radius 1 is 1.33 bits per heavy atom. The van der Waals surface area contributed by atoms with Crippen LogP contribution in [0.15, 0.2) is 40.6 Å². The highest BCUT2D eigenvalue weighted by molar-refractivity contribution is 8.00. The molecule has 0 aliphatic carbocycles. The molecule has 130 valence electrons. The monoisotopic (exact) mass is 369 g/mol. The number of nitrogens with zero attached hydrogens (tertiary/aromatic N) is 3. The highest BCUT2D eigenvalue weighted by atomic mass is 32.2. The highest BCUT2D eigenvalue weighted by Gasteiger charge is 2.19. The molecule has 2 aromatic rings. The predicted molar refractivity (Wildman–Crippen MR) is 92.2 cm³/mol. The van der Waals surface area contributed by atoms with Crippen molar-refractivity contribution in [2.45, 2.75) is 42.1 Å². The molecule has 1 aromatic heterocycles. The first-order valence-electron chi connectivity index (χ1n) is 7.18. The Kier molecular flexibility index (Phi) is 5.62. The van der Waals surface area contributed by atoms with Gasteiger partial charge in [0.1, 0.15) is 6.33 Å². The third kappa shape index (κ3) is 4.56. The third-order valence-electron chi connectivity index (χ3n) is 3.18. The molecule has 0 unspecified atom stereocenters. The van der Waals surface area contributed by atoms with Crippen molar-refractivity contribution in [1.82, 2.24) is 14.8 Å². The van der Waals surface area contributed by atoms with Crippen molar-refractivity contribution in [3.63, 3.8) is 0 Å². The van der Waals surface area contributed by atoms with Crippen LogP contribution in [-0.2, 0) is 14.8 Å². The van der Waals surface area contributed by atoms with Crippen LogP contribution in [0.2, 0.25) is 0 Å². The quantitative estimate of drug-likeness (QED) is 0.747. The number of carbonyl (C=O) groups excluding carboxylic acids is 1. The van der Waals surface area contributed by atoms with Crippen LogP contribution in [0.1, 0.15) is 26.8 Å². The number of hydrogen-bond donors (Lipinski definition) is 2. The number of nitrogens with two attached hydrogens (primary N) is 1. The van der Waals surface area contributed by atoms with E-state index in [1.165, 1.54) is 30.0 Å². The van der Waals surface area contributed by atoms with Crippen molar-refractivity contribution in [2.75, 3.05) is 5.32 Å². The fourth-order valence-corrected chi connectivity index (χ4v) is 3.39. The maximum absolute atomic E-state index is 12.3. The molecule has 0 saturated carbocycles. The van der Waals surface area contributed by atoms with E-state index in [2.05, 4.69) is 15.5 Å². The molecular weight excluding hydrogens is 350 g/mol. The third-order valence-corrected chi connectivity index (χ3v) is 5.16. The van der Waals surface area contributed by atoms with Crippen molar-refractivity contribution in [3.8, 4) is 0 Å². The molecule has 0 spiro atoms. The molecule has 0 fully saturated rings. The van der Waals surface area contributed by atoms with E-state index in [1.54, 1.807) is 19.3 Å². The van der Waals surface area contributed by atoms with Gasteiger partial charge in [-0.25, -0.2) is 13.6 Å². The lowest BCUT2D eigenvalue weighted by molar-refractivity contribution is -0.115. The molecule has 24 heavy (non-hydrogen) atoms. The summed E-state index contributed by atoms with van der Waals surface area (Å²) < 4.78 is 24.6. The molecule has 0 saturated heterocycles. The number of anilines is 1. The SMILES string of the molecule is CC(C)n1cnnc1S[C@H](C)C(=O)Nc1cccc(S(N)(=O)=O)c1. The maximum atomic E-state index is 12.3. The van der Waals surface area contributed by atoms with Gasteiger partial charge in [-0.1, -0.05) is 17.8 Å². The van der Waals surface area contributed by atoms with Gasteiger partial charge < -0.3 is 9.88 Å². The molecule has 1 atom stereocenters. The lowest BCUT2D eigenvalue weighted by atomic mass is 10.3. The van der Waals surface area contributed by atoms with Gasteiger partial charge in [0.05, 0.1) is 10.1 Å². The topological polar surface area (TPSA) is 120 Å². The summed E-state index contributed by atoms with van der Waals surface area (Å²) in [5, 5.41) is 15.8. The van der Waals surface area contributed by atoms with Crippen molar-refractivity contribution in [2.24, 2.45) is 5.14 Å². The van der Waals surface area contributed by atoms with E-state index in [1.807, 2.05) is 18.4 Å². The van der Waals surface area contributed by atoms with Crippen LogP contribution in [0.5, 0.6) is 0 Å². The lowest BCUT2D eigenvalue weighted by Crippen LogP contribution is -2.23. The summed E-state index contributed by atoms with van der Waals surface area (Å²) >= 11 is 1.28. The van der Waals surface area contributed by atoms with Crippen LogP contribution in [0.4, 0.5) is 5.69 Å².